The van der Waals surface area contributed by atoms with Crippen molar-refractivity contribution in [1.82, 2.24) is 10.2 Å². The molecule has 0 unspecified atom stereocenters. The summed E-state index contributed by atoms with van der Waals surface area (Å²) in [6, 6.07) is 0.365. The van der Waals surface area contributed by atoms with Gasteiger partial charge in [-0.25, -0.2) is 4.79 Å². The molecule has 0 bridgehead atoms. The van der Waals surface area contributed by atoms with Crippen molar-refractivity contribution in [2.24, 2.45) is 0 Å². The number of carboxylic acids is 1. The average molecular weight is 293 g/mol. The van der Waals surface area contributed by atoms with Gasteiger partial charge >= 0.3 is 5.97 Å². The zero-order valence-corrected chi connectivity index (χ0v) is 12.9. The number of anilines is 1. The molecule has 0 atom stereocenters. The van der Waals surface area contributed by atoms with Crippen molar-refractivity contribution in [3.63, 3.8) is 0 Å². The average Bonchev–Trinajstić information content (AvgIpc) is 3.31. The Kier molecular flexibility index (Phi) is 5.12. The van der Waals surface area contributed by atoms with Gasteiger partial charge < -0.3 is 14.7 Å². The molecule has 1 fully saturated rings. The molecule has 1 aromatic heterocycles. The lowest BCUT2D eigenvalue weighted by molar-refractivity contribution is 0.0695. The molecule has 1 N–H and O–H groups in total. The van der Waals surface area contributed by atoms with Gasteiger partial charge in [-0.2, -0.15) is 5.10 Å². The Morgan fingerprint density at radius 1 is 1.33 bits per heavy atom. The molecule has 1 aromatic rings. The summed E-state index contributed by atoms with van der Waals surface area (Å²) in [6.07, 6.45) is 3.48. The standard InChI is InChI=1S/C15H23N3O3/c1-4-11-12(5-2)16-17-14(13(11)15(19)20)18(8-9-21-3)10-6-7-10/h10H,4-9H2,1-3H3,(H,19,20). The minimum atomic E-state index is -0.922. The Balaban J connectivity index is 2.47. The van der Waals surface area contributed by atoms with Crippen LogP contribution in [0.1, 0.15) is 48.3 Å². The van der Waals surface area contributed by atoms with E-state index >= 15 is 0 Å². The second-order valence-corrected chi connectivity index (χ2v) is 5.25. The van der Waals surface area contributed by atoms with Crippen molar-refractivity contribution >= 4 is 11.8 Å². The highest BCUT2D eigenvalue weighted by molar-refractivity contribution is 5.95. The number of ether oxygens (including phenoxy) is 1. The second-order valence-electron chi connectivity index (χ2n) is 5.25. The van der Waals surface area contributed by atoms with Crippen LogP contribution in [-0.2, 0) is 17.6 Å². The van der Waals surface area contributed by atoms with Crippen molar-refractivity contribution in [2.75, 3.05) is 25.2 Å². The van der Waals surface area contributed by atoms with E-state index in [1.165, 1.54) is 0 Å². The van der Waals surface area contributed by atoms with Crippen LogP contribution in [0.4, 0.5) is 5.82 Å². The van der Waals surface area contributed by atoms with Gasteiger partial charge in [-0.1, -0.05) is 13.8 Å². The first-order chi connectivity index (χ1) is 10.1. The van der Waals surface area contributed by atoms with E-state index in [-0.39, 0.29) is 0 Å². The van der Waals surface area contributed by atoms with Crippen LogP contribution in [0.15, 0.2) is 0 Å². The molecule has 116 valence electrons. The maximum absolute atomic E-state index is 11.8. The molecule has 1 saturated carbocycles. The maximum atomic E-state index is 11.8. The summed E-state index contributed by atoms with van der Waals surface area (Å²) in [7, 11) is 1.65. The number of nitrogens with zero attached hydrogens (tertiary/aromatic N) is 3. The van der Waals surface area contributed by atoms with Gasteiger partial charge in [0, 0.05) is 19.7 Å². The lowest BCUT2D eigenvalue weighted by Crippen LogP contribution is -2.33. The summed E-state index contributed by atoms with van der Waals surface area (Å²) in [5.41, 5.74) is 1.89. The number of rotatable bonds is 8. The number of carboxylic acid groups (broad SMARTS) is 1. The lowest BCUT2D eigenvalue weighted by Gasteiger charge is -2.25. The first kappa shape index (κ1) is 15.7. The Bertz CT molecular complexity index is 515. The SMILES string of the molecule is CCc1nnc(N(CCOC)C2CC2)c(C(=O)O)c1CC. The van der Waals surface area contributed by atoms with E-state index in [1.807, 2.05) is 18.7 Å². The third-order valence-corrected chi connectivity index (χ3v) is 3.84. The number of hydrogen-bond donors (Lipinski definition) is 1. The first-order valence-corrected chi connectivity index (χ1v) is 7.51. The van der Waals surface area contributed by atoms with Crippen LogP contribution in [0.5, 0.6) is 0 Å². The fourth-order valence-corrected chi connectivity index (χ4v) is 2.63. The van der Waals surface area contributed by atoms with Crippen molar-refractivity contribution in [3.8, 4) is 0 Å². The van der Waals surface area contributed by atoms with E-state index in [1.54, 1.807) is 7.11 Å². The van der Waals surface area contributed by atoms with E-state index in [4.69, 9.17) is 4.74 Å². The molecule has 0 aromatic carbocycles. The number of aromatic nitrogens is 2. The summed E-state index contributed by atoms with van der Waals surface area (Å²) >= 11 is 0. The van der Waals surface area contributed by atoms with Gasteiger partial charge in [0.25, 0.3) is 0 Å². The highest BCUT2D eigenvalue weighted by Gasteiger charge is 2.34. The van der Waals surface area contributed by atoms with Gasteiger partial charge in [0.05, 0.1) is 12.3 Å². The van der Waals surface area contributed by atoms with Crippen molar-refractivity contribution < 1.29 is 14.6 Å². The number of aromatic carboxylic acids is 1. The molecule has 2 rings (SSSR count). The second kappa shape index (κ2) is 6.85. The Hall–Kier alpha value is -1.69. The lowest BCUT2D eigenvalue weighted by atomic mass is 10.0. The Labute approximate surface area is 125 Å². The third-order valence-electron chi connectivity index (χ3n) is 3.84. The van der Waals surface area contributed by atoms with E-state index < -0.39 is 5.97 Å². The van der Waals surface area contributed by atoms with Crippen molar-refractivity contribution in [3.05, 3.63) is 16.8 Å². The van der Waals surface area contributed by atoms with Crippen LogP contribution in [0, 0.1) is 0 Å². The van der Waals surface area contributed by atoms with Crippen LogP contribution in [0.2, 0.25) is 0 Å². The zero-order chi connectivity index (χ0) is 15.4. The number of aryl methyl sites for hydroxylation is 1. The topological polar surface area (TPSA) is 75.5 Å². The molecule has 6 nitrogen and oxygen atoms in total. The van der Waals surface area contributed by atoms with Crippen LogP contribution >= 0.6 is 0 Å². The first-order valence-electron chi connectivity index (χ1n) is 7.51. The molecule has 0 spiro atoms. The van der Waals surface area contributed by atoms with Gasteiger partial charge in [0.2, 0.25) is 0 Å². The van der Waals surface area contributed by atoms with Crippen LogP contribution in [0.3, 0.4) is 0 Å². The normalized spacial score (nSPS) is 14.2. The molecule has 1 aliphatic rings. The predicted octanol–water partition coefficient (Wildman–Crippen LogP) is 1.91. The molecule has 0 aliphatic heterocycles. The Morgan fingerprint density at radius 2 is 2.05 bits per heavy atom. The molecule has 6 heteroatoms. The third kappa shape index (κ3) is 3.32. The van der Waals surface area contributed by atoms with Gasteiger partial charge in [0.1, 0.15) is 5.56 Å². The fraction of sp³-hybridized carbons (Fsp3) is 0.667. The zero-order valence-electron chi connectivity index (χ0n) is 12.9. The van der Waals surface area contributed by atoms with Crippen LogP contribution in [-0.4, -0.2) is 47.6 Å². The Morgan fingerprint density at radius 3 is 2.52 bits per heavy atom. The molecule has 0 amide bonds. The van der Waals surface area contributed by atoms with E-state index in [0.29, 0.717) is 43.4 Å². The summed E-state index contributed by atoms with van der Waals surface area (Å²) in [5, 5.41) is 18.1. The number of hydrogen-bond acceptors (Lipinski definition) is 5. The molecule has 0 saturated heterocycles. The molecular weight excluding hydrogens is 270 g/mol. The summed E-state index contributed by atoms with van der Waals surface area (Å²) in [4.78, 5) is 13.8. The quantitative estimate of drug-likeness (QED) is 0.789. The minimum Gasteiger partial charge on any atom is -0.478 e. The molecule has 1 heterocycles. The van der Waals surface area contributed by atoms with E-state index in [0.717, 1.165) is 24.1 Å². The minimum absolute atomic E-state index is 0.312. The smallest absolute Gasteiger partial charge is 0.339 e. The van der Waals surface area contributed by atoms with Crippen LogP contribution in [0.25, 0.3) is 0 Å². The maximum Gasteiger partial charge on any atom is 0.339 e. The fourth-order valence-electron chi connectivity index (χ4n) is 2.63. The van der Waals surface area contributed by atoms with Crippen molar-refractivity contribution in [1.29, 1.82) is 0 Å². The predicted molar refractivity (Wildman–Crippen MR) is 80.0 cm³/mol. The van der Waals surface area contributed by atoms with E-state index in [2.05, 4.69) is 10.2 Å². The van der Waals surface area contributed by atoms with Gasteiger partial charge in [-0.05, 0) is 31.2 Å². The molecule has 0 radical (unpaired) electrons. The molecule has 21 heavy (non-hydrogen) atoms. The van der Waals surface area contributed by atoms with Crippen molar-refractivity contribution in [2.45, 2.75) is 45.6 Å². The summed E-state index contributed by atoms with van der Waals surface area (Å²) < 4.78 is 5.14. The number of carbonyl (C=O) groups is 1. The van der Waals surface area contributed by atoms with Gasteiger partial charge in [0.15, 0.2) is 5.82 Å². The highest BCUT2D eigenvalue weighted by atomic mass is 16.5. The van der Waals surface area contributed by atoms with E-state index in [9.17, 15) is 9.90 Å². The summed E-state index contributed by atoms with van der Waals surface area (Å²) in [5.74, 6) is -0.425. The molecular formula is C15H23N3O3. The van der Waals surface area contributed by atoms with Gasteiger partial charge in [-0.15, -0.1) is 5.10 Å². The molecule has 1 aliphatic carbocycles. The summed E-state index contributed by atoms with van der Waals surface area (Å²) in [6.45, 7) is 5.13. The van der Waals surface area contributed by atoms with Crippen LogP contribution < -0.4 is 4.90 Å². The highest BCUT2D eigenvalue weighted by Crippen LogP contribution is 2.33. The monoisotopic (exact) mass is 293 g/mol. The van der Waals surface area contributed by atoms with Gasteiger partial charge in [-0.3, -0.25) is 0 Å². The largest absolute Gasteiger partial charge is 0.478 e. The number of methoxy groups -OCH3 is 1.